The minimum absolute atomic E-state index is 0.0920. The highest BCUT2D eigenvalue weighted by atomic mass is 16.1. The van der Waals surface area contributed by atoms with Gasteiger partial charge in [0.2, 0.25) is 0 Å². The lowest BCUT2D eigenvalue weighted by molar-refractivity contribution is -0.141. The fraction of sp³-hybridized carbons (Fsp3) is 0.852. The van der Waals surface area contributed by atoms with E-state index in [0.717, 1.165) is 24.2 Å². The van der Waals surface area contributed by atoms with Crippen LogP contribution < -0.4 is 0 Å². The number of hydrogen-bond donors (Lipinski definition) is 0. The molecule has 0 saturated heterocycles. The molecule has 3 fully saturated rings. The average molecular weight is 399 g/mol. The highest BCUT2D eigenvalue weighted by molar-refractivity contribution is 5.95. The lowest BCUT2D eigenvalue weighted by Crippen LogP contribution is -2.54. The van der Waals surface area contributed by atoms with Crippen LogP contribution in [0.3, 0.4) is 0 Å². The molecule has 162 valence electrons. The van der Waals surface area contributed by atoms with E-state index in [1.807, 2.05) is 6.08 Å². The van der Waals surface area contributed by atoms with Gasteiger partial charge in [0, 0.05) is 18.8 Å². The number of carbonyl (C=O) groups is 2. The summed E-state index contributed by atoms with van der Waals surface area (Å²) in [6.07, 6.45) is 13.1. The number of rotatable bonds is 5. The van der Waals surface area contributed by atoms with Crippen LogP contribution in [0, 0.1) is 46.3 Å². The standard InChI is InChI=1S/C27H42O2/c1-17(2)7-6-8-18(3)21-9-10-22-25-23(12-14-27(21,22)5)26(4)13-11-20(28)15-19(26)16-24(25)29/h15,17-18,21-23,25H,6-14,16H2,1-5H3/t18-,21-,22+,23+,25+,26+,27-/m1/s1. The summed E-state index contributed by atoms with van der Waals surface area (Å²) < 4.78 is 0. The summed E-state index contributed by atoms with van der Waals surface area (Å²) in [6.45, 7) is 12.1. The normalized spacial score (nSPS) is 42.9. The molecule has 0 aromatic heterocycles. The van der Waals surface area contributed by atoms with E-state index in [9.17, 15) is 9.59 Å². The molecule has 0 heterocycles. The highest BCUT2D eigenvalue weighted by Crippen LogP contribution is 2.66. The molecule has 3 saturated carbocycles. The first-order chi connectivity index (χ1) is 13.7. The first kappa shape index (κ1) is 21.3. The minimum Gasteiger partial charge on any atom is -0.299 e. The van der Waals surface area contributed by atoms with Gasteiger partial charge in [-0.3, -0.25) is 9.59 Å². The van der Waals surface area contributed by atoms with Crippen molar-refractivity contribution in [2.24, 2.45) is 46.3 Å². The zero-order chi connectivity index (χ0) is 21.0. The van der Waals surface area contributed by atoms with Crippen LogP contribution in [0.25, 0.3) is 0 Å². The Labute approximate surface area is 178 Å². The maximum atomic E-state index is 13.4. The summed E-state index contributed by atoms with van der Waals surface area (Å²) in [5.74, 6) is 4.34. The monoisotopic (exact) mass is 398 g/mol. The van der Waals surface area contributed by atoms with Crippen LogP contribution in [0.15, 0.2) is 11.6 Å². The largest absolute Gasteiger partial charge is 0.299 e. The minimum atomic E-state index is 0.0920. The first-order valence-electron chi connectivity index (χ1n) is 12.4. The van der Waals surface area contributed by atoms with E-state index >= 15 is 0 Å². The molecule has 2 nitrogen and oxygen atoms in total. The average Bonchev–Trinajstić information content (AvgIpc) is 3.00. The molecule has 0 aliphatic heterocycles. The molecule has 4 rings (SSSR count). The lowest BCUT2D eigenvalue weighted by atomic mass is 9.46. The van der Waals surface area contributed by atoms with Gasteiger partial charge in [-0.05, 0) is 78.6 Å². The number of hydrogen-bond acceptors (Lipinski definition) is 2. The van der Waals surface area contributed by atoms with Gasteiger partial charge < -0.3 is 0 Å². The van der Waals surface area contributed by atoms with Gasteiger partial charge in [0.25, 0.3) is 0 Å². The van der Waals surface area contributed by atoms with E-state index in [1.54, 1.807) is 0 Å². The molecule has 0 aromatic carbocycles. The second-order valence-electron chi connectivity index (χ2n) is 12.0. The third-order valence-electron chi connectivity index (χ3n) is 9.99. The van der Waals surface area contributed by atoms with Gasteiger partial charge in [0.1, 0.15) is 5.78 Å². The van der Waals surface area contributed by atoms with Crippen molar-refractivity contribution in [2.75, 3.05) is 0 Å². The van der Waals surface area contributed by atoms with Crippen molar-refractivity contribution < 1.29 is 9.59 Å². The van der Waals surface area contributed by atoms with E-state index in [1.165, 1.54) is 50.5 Å². The Kier molecular flexibility index (Phi) is 5.62. The second kappa shape index (κ2) is 7.65. The Morgan fingerprint density at radius 2 is 1.76 bits per heavy atom. The van der Waals surface area contributed by atoms with E-state index in [-0.39, 0.29) is 17.1 Å². The van der Waals surface area contributed by atoms with Gasteiger partial charge in [0.05, 0.1) is 0 Å². The molecule has 0 spiro atoms. The number of fused-ring (bicyclic) bond motifs is 5. The van der Waals surface area contributed by atoms with Crippen molar-refractivity contribution in [2.45, 2.75) is 98.8 Å². The van der Waals surface area contributed by atoms with Crippen LogP contribution in [0.2, 0.25) is 0 Å². The van der Waals surface area contributed by atoms with Gasteiger partial charge in [-0.2, -0.15) is 0 Å². The molecule has 2 heteroatoms. The summed E-state index contributed by atoms with van der Waals surface area (Å²) in [7, 11) is 0. The smallest absolute Gasteiger partial charge is 0.155 e. The van der Waals surface area contributed by atoms with Gasteiger partial charge in [-0.25, -0.2) is 0 Å². The maximum Gasteiger partial charge on any atom is 0.155 e. The summed E-state index contributed by atoms with van der Waals surface area (Å²) >= 11 is 0. The molecule has 0 bridgehead atoms. The van der Waals surface area contributed by atoms with Crippen LogP contribution in [-0.4, -0.2) is 11.6 Å². The lowest BCUT2D eigenvalue weighted by Gasteiger charge is -2.57. The van der Waals surface area contributed by atoms with E-state index in [2.05, 4.69) is 34.6 Å². The van der Waals surface area contributed by atoms with Crippen LogP contribution >= 0.6 is 0 Å². The molecule has 0 N–H and O–H groups in total. The van der Waals surface area contributed by atoms with E-state index in [0.29, 0.717) is 35.9 Å². The second-order valence-corrected chi connectivity index (χ2v) is 12.0. The SMILES string of the molecule is CC(C)CCC[C@@H](C)[C@H]1CC[C@H]2[C@@H]3C(=O)CC4=CC(=O)CC[C@]4(C)[C@H]3CC[C@]12C. The van der Waals surface area contributed by atoms with Crippen molar-refractivity contribution in [3.8, 4) is 0 Å². The van der Waals surface area contributed by atoms with Crippen molar-refractivity contribution in [1.82, 2.24) is 0 Å². The molecule has 4 aliphatic carbocycles. The zero-order valence-electron chi connectivity index (χ0n) is 19.4. The van der Waals surface area contributed by atoms with Crippen molar-refractivity contribution in [3.05, 3.63) is 11.6 Å². The summed E-state index contributed by atoms with van der Waals surface area (Å²) in [5.41, 5.74) is 1.60. The Hall–Kier alpha value is -0.920. The number of Topliss-reactive ketones (excluding diaryl/α,β-unsaturated/α-hetero) is 1. The molecule has 29 heavy (non-hydrogen) atoms. The summed E-state index contributed by atoms with van der Waals surface area (Å²) in [4.78, 5) is 25.4. The Morgan fingerprint density at radius 1 is 1.00 bits per heavy atom. The highest BCUT2D eigenvalue weighted by Gasteiger charge is 2.61. The third-order valence-corrected chi connectivity index (χ3v) is 9.99. The molecule has 0 radical (unpaired) electrons. The number of ketones is 2. The molecule has 0 unspecified atom stereocenters. The molecule has 0 aromatic rings. The topological polar surface area (TPSA) is 34.1 Å². The van der Waals surface area contributed by atoms with E-state index < -0.39 is 0 Å². The quantitative estimate of drug-likeness (QED) is 0.512. The predicted molar refractivity (Wildman–Crippen MR) is 118 cm³/mol. The maximum absolute atomic E-state index is 13.4. The van der Waals surface area contributed by atoms with Crippen molar-refractivity contribution in [1.29, 1.82) is 0 Å². The summed E-state index contributed by atoms with van der Waals surface area (Å²) in [5, 5.41) is 0. The third kappa shape index (κ3) is 3.47. The fourth-order valence-corrected chi connectivity index (χ4v) is 8.28. The van der Waals surface area contributed by atoms with Crippen LogP contribution in [0.4, 0.5) is 0 Å². The predicted octanol–water partition coefficient (Wildman–Crippen LogP) is 6.78. The molecular weight excluding hydrogens is 356 g/mol. The summed E-state index contributed by atoms with van der Waals surface area (Å²) in [6, 6.07) is 0. The Balaban J connectivity index is 1.54. The number of carbonyl (C=O) groups excluding carboxylic acids is 2. The molecule has 4 aliphatic rings. The van der Waals surface area contributed by atoms with Gasteiger partial charge >= 0.3 is 0 Å². The number of allylic oxidation sites excluding steroid dienone is 1. The zero-order valence-corrected chi connectivity index (χ0v) is 19.4. The van der Waals surface area contributed by atoms with E-state index in [4.69, 9.17) is 0 Å². The van der Waals surface area contributed by atoms with Crippen molar-refractivity contribution >= 4 is 11.6 Å². The van der Waals surface area contributed by atoms with Gasteiger partial charge in [0.15, 0.2) is 5.78 Å². The van der Waals surface area contributed by atoms with Crippen LogP contribution in [-0.2, 0) is 9.59 Å². The fourth-order valence-electron chi connectivity index (χ4n) is 8.28. The molecule has 0 amide bonds. The van der Waals surface area contributed by atoms with Gasteiger partial charge in [-0.1, -0.05) is 59.5 Å². The van der Waals surface area contributed by atoms with Gasteiger partial charge in [-0.15, -0.1) is 0 Å². The van der Waals surface area contributed by atoms with Crippen molar-refractivity contribution in [3.63, 3.8) is 0 Å². The van der Waals surface area contributed by atoms with Crippen LogP contribution in [0.5, 0.6) is 0 Å². The first-order valence-corrected chi connectivity index (χ1v) is 12.4. The molecule has 7 atom stereocenters. The Morgan fingerprint density at radius 3 is 2.48 bits per heavy atom. The van der Waals surface area contributed by atoms with Crippen LogP contribution in [0.1, 0.15) is 98.8 Å². The molecular formula is C27H42O2. The Bertz CT molecular complexity index is 703.